The fraction of sp³-hybridized carbons (Fsp3) is 0.455. The van der Waals surface area contributed by atoms with Crippen molar-refractivity contribution in [2.75, 3.05) is 12.3 Å². The molecule has 0 aromatic carbocycles. The predicted octanol–water partition coefficient (Wildman–Crippen LogP) is 1.44. The largest absolute Gasteiger partial charge is 0.399 e. The molecule has 4 nitrogen and oxygen atoms in total. The van der Waals surface area contributed by atoms with Crippen molar-refractivity contribution in [2.45, 2.75) is 20.3 Å². The third-order valence-corrected chi connectivity index (χ3v) is 2.32. The summed E-state index contributed by atoms with van der Waals surface area (Å²) in [7, 11) is 0. The van der Waals surface area contributed by atoms with Crippen LogP contribution in [0, 0.1) is 5.92 Å². The van der Waals surface area contributed by atoms with E-state index >= 15 is 0 Å². The van der Waals surface area contributed by atoms with Crippen LogP contribution in [0.25, 0.3) is 0 Å². The van der Waals surface area contributed by atoms with Crippen molar-refractivity contribution in [3.63, 3.8) is 0 Å². The SMILES string of the molecule is CCC(C)CNC(=O)c1cc(N)ccn1. The van der Waals surface area contributed by atoms with Crippen LogP contribution in [0.1, 0.15) is 30.8 Å². The fourth-order valence-electron chi connectivity index (χ4n) is 1.07. The molecule has 15 heavy (non-hydrogen) atoms. The molecule has 0 fully saturated rings. The summed E-state index contributed by atoms with van der Waals surface area (Å²) in [6.45, 7) is 4.86. The minimum atomic E-state index is -0.164. The Morgan fingerprint density at radius 1 is 1.67 bits per heavy atom. The summed E-state index contributed by atoms with van der Waals surface area (Å²) in [6, 6.07) is 3.23. The van der Waals surface area contributed by atoms with Crippen molar-refractivity contribution in [1.82, 2.24) is 10.3 Å². The van der Waals surface area contributed by atoms with Gasteiger partial charge in [-0.25, -0.2) is 0 Å². The molecule has 1 amide bonds. The highest BCUT2D eigenvalue weighted by atomic mass is 16.1. The average Bonchev–Trinajstić information content (AvgIpc) is 2.25. The number of rotatable bonds is 4. The molecule has 1 atom stereocenters. The van der Waals surface area contributed by atoms with Crippen LogP contribution < -0.4 is 11.1 Å². The molecule has 0 aliphatic rings. The molecule has 1 aromatic rings. The highest BCUT2D eigenvalue weighted by Gasteiger charge is 2.07. The van der Waals surface area contributed by atoms with Gasteiger partial charge < -0.3 is 11.1 Å². The molecule has 0 radical (unpaired) electrons. The zero-order chi connectivity index (χ0) is 11.3. The first-order chi connectivity index (χ1) is 7.13. The van der Waals surface area contributed by atoms with E-state index in [2.05, 4.69) is 24.1 Å². The lowest BCUT2D eigenvalue weighted by Gasteiger charge is -2.09. The lowest BCUT2D eigenvalue weighted by molar-refractivity contribution is 0.0943. The molecule has 0 saturated heterocycles. The summed E-state index contributed by atoms with van der Waals surface area (Å²) in [5, 5.41) is 2.82. The minimum Gasteiger partial charge on any atom is -0.399 e. The van der Waals surface area contributed by atoms with Gasteiger partial charge in [-0.2, -0.15) is 0 Å². The first-order valence-corrected chi connectivity index (χ1v) is 5.13. The van der Waals surface area contributed by atoms with Gasteiger partial charge in [-0.3, -0.25) is 9.78 Å². The lowest BCUT2D eigenvalue weighted by atomic mass is 10.1. The van der Waals surface area contributed by atoms with Crippen LogP contribution in [0.2, 0.25) is 0 Å². The molecule has 1 unspecified atom stereocenters. The summed E-state index contributed by atoms with van der Waals surface area (Å²) < 4.78 is 0. The molecule has 1 aromatic heterocycles. The highest BCUT2D eigenvalue weighted by molar-refractivity contribution is 5.92. The molecular weight excluding hydrogens is 190 g/mol. The molecular formula is C11H17N3O. The summed E-state index contributed by atoms with van der Waals surface area (Å²) in [6.07, 6.45) is 2.58. The van der Waals surface area contributed by atoms with Gasteiger partial charge in [0.05, 0.1) is 0 Å². The van der Waals surface area contributed by atoms with Crippen molar-refractivity contribution in [2.24, 2.45) is 5.92 Å². The van der Waals surface area contributed by atoms with E-state index in [1.807, 2.05) is 0 Å². The first-order valence-electron chi connectivity index (χ1n) is 5.13. The number of hydrogen-bond donors (Lipinski definition) is 2. The Kier molecular flexibility index (Phi) is 4.09. The molecule has 3 N–H and O–H groups in total. The van der Waals surface area contributed by atoms with Gasteiger partial charge in [0.2, 0.25) is 0 Å². The Morgan fingerprint density at radius 3 is 3.00 bits per heavy atom. The number of amides is 1. The summed E-state index contributed by atoms with van der Waals surface area (Å²) in [4.78, 5) is 15.5. The van der Waals surface area contributed by atoms with Crippen LogP contribution >= 0.6 is 0 Å². The number of carbonyl (C=O) groups is 1. The van der Waals surface area contributed by atoms with Gasteiger partial charge in [0.15, 0.2) is 0 Å². The smallest absolute Gasteiger partial charge is 0.269 e. The normalized spacial score (nSPS) is 12.1. The van der Waals surface area contributed by atoms with Crippen LogP contribution in [0.5, 0.6) is 0 Å². The number of nitrogens with two attached hydrogens (primary N) is 1. The number of nitrogens with zero attached hydrogens (tertiary/aromatic N) is 1. The standard InChI is InChI=1S/C11H17N3O/c1-3-8(2)7-14-11(15)10-6-9(12)4-5-13-10/h4-6,8H,3,7H2,1-2H3,(H2,12,13)(H,14,15). The van der Waals surface area contributed by atoms with Crippen LogP contribution in [0.3, 0.4) is 0 Å². The number of nitrogens with one attached hydrogen (secondary N) is 1. The van der Waals surface area contributed by atoms with E-state index in [1.54, 1.807) is 12.1 Å². The number of aromatic nitrogens is 1. The van der Waals surface area contributed by atoms with Crippen molar-refractivity contribution in [3.8, 4) is 0 Å². The van der Waals surface area contributed by atoms with E-state index in [-0.39, 0.29) is 5.91 Å². The summed E-state index contributed by atoms with van der Waals surface area (Å²) >= 11 is 0. The molecule has 0 aliphatic carbocycles. The number of carbonyl (C=O) groups excluding carboxylic acids is 1. The minimum absolute atomic E-state index is 0.164. The maximum absolute atomic E-state index is 11.6. The Balaban J connectivity index is 2.54. The lowest BCUT2D eigenvalue weighted by Crippen LogP contribution is -2.28. The van der Waals surface area contributed by atoms with E-state index in [0.29, 0.717) is 23.8 Å². The molecule has 4 heteroatoms. The summed E-state index contributed by atoms with van der Waals surface area (Å²) in [5.41, 5.74) is 6.49. The van der Waals surface area contributed by atoms with E-state index in [4.69, 9.17) is 5.73 Å². The Morgan fingerprint density at radius 2 is 2.40 bits per heavy atom. The van der Waals surface area contributed by atoms with Crippen LogP contribution in [-0.2, 0) is 0 Å². The van der Waals surface area contributed by atoms with Gasteiger partial charge in [-0.15, -0.1) is 0 Å². The van der Waals surface area contributed by atoms with E-state index in [0.717, 1.165) is 6.42 Å². The van der Waals surface area contributed by atoms with Gasteiger partial charge in [0.25, 0.3) is 5.91 Å². The van der Waals surface area contributed by atoms with Crippen molar-refractivity contribution >= 4 is 11.6 Å². The maximum Gasteiger partial charge on any atom is 0.269 e. The summed E-state index contributed by atoms with van der Waals surface area (Å²) in [5.74, 6) is 0.317. The van der Waals surface area contributed by atoms with E-state index in [9.17, 15) is 4.79 Å². The second-order valence-electron chi connectivity index (χ2n) is 3.70. The van der Waals surface area contributed by atoms with Gasteiger partial charge in [-0.1, -0.05) is 20.3 Å². The van der Waals surface area contributed by atoms with Crippen LogP contribution in [-0.4, -0.2) is 17.4 Å². The first kappa shape index (κ1) is 11.5. The molecule has 0 saturated carbocycles. The van der Waals surface area contributed by atoms with Gasteiger partial charge in [0, 0.05) is 18.4 Å². The molecule has 1 heterocycles. The molecule has 82 valence electrons. The van der Waals surface area contributed by atoms with Gasteiger partial charge in [0.1, 0.15) is 5.69 Å². The van der Waals surface area contributed by atoms with Crippen LogP contribution in [0.4, 0.5) is 5.69 Å². The van der Waals surface area contributed by atoms with Gasteiger partial charge >= 0.3 is 0 Å². The van der Waals surface area contributed by atoms with E-state index < -0.39 is 0 Å². The van der Waals surface area contributed by atoms with Crippen molar-refractivity contribution < 1.29 is 4.79 Å². The number of pyridine rings is 1. The second kappa shape index (κ2) is 5.34. The topological polar surface area (TPSA) is 68.0 Å². The maximum atomic E-state index is 11.6. The Labute approximate surface area is 89.9 Å². The molecule has 1 rings (SSSR count). The van der Waals surface area contributed by atoms with Crippen molar-refractivity contribution in [3.05, 3.63) is 24.0 Å². The monoisotopic (exact) mass is 207 g/mol. The third-order valence-electron chi connectivity index (χ3n) is 2.32. The van der Waals surface area contributed by atoms with Crippen LogP contribution in [0.15, 0.2) is 18.3 Å². The van der Waals surface area contributed by atoms with E-state index in [1.165, 1.54) is 6.20 Å². The molecule has 0 bridgehead atoms. The van der Waals surface area contributed by atoms with Gasteiger partial charge in [-0.05, 0) is 18.1 Å². The second-order valence-corrected chi connectivity index (χ2v) is 3.70. The quantitative estimate of drug-likeness (QED) is 0.785. The number of nitrogen functional groups attached to an aromatic ring is 1. The highest BCUT2D eigenvalue weighted by Crippen LogP contribution is 2.03. The number of anilines is 1. The predicted molar refractivity (Wildman–Crippen MR) is 60.4 cm³/mol. The molecule has 0 aliphatic heterocycles. The zero-order valence-corrected chi connectivity index (χ0v) is 9.16. The number of hydrogen-bond acceptors (Lipinski definition) is 3. The Bertz CT molecular complexity index is 338. The third kappa shape index (κ3) is 3.58. The average molecular weight is 207 g/mol. The van der Waals surface area contributed by atoms with Crippen molar-refractivity contribution in [1.29, 1.82) is 0 Å². The fourth-order valence-corrected chi connectivity index (χ4v) is 1.07. The Hall–Kier alpha value is -1.58. The molecule has 0 spiro atoms. The zero-order valence-electron chi connectivity index (χ0n) is 9.16.